The average Bonchev–Trinajstić information content (AvgIpc) is 2.25. The van der Waals surface area contributed by atoms with Crippen molar-refractivity contribution in [1.82, 2.24) is 0 Å². The zero-order chi connectivity index (χ0) is 12.1. The Morgan fingerprint density at radius 2 is 2.00 bits per heavy atom. The predicted molar refractivity (Wildman–Crippen MR) is 65.7 cm³/mol. The van der Waals surface area contributed by atoms with Gasteiger partial charge in [-0.3, -0.25) is 0 Å². The number of ether oxygens (including phenoxy) is 1. The highest BCUT2D eigenvalue weighted by molar-refractivity contribution is 5.41. The van der Waals surface area contributed by atoms with Crippen LogP contribution in [-0.2, 0) is 0 Å². The van der Waals surface area contributed by atoms with Crippen LogP contribution in [0.2, 0.25) is 0 Å². The van der Waals surface area contributed by atoms with E-state index in [1.54, 1.807) is 19.2 Å². The van der Waals surface area contributed by atoms with Crippen LogP contribution in [0.5, 0.6) is 11.5 Å². The van der Waals surface area contributed by atoms with Crippen LogP contribution in [0.3, 0.4) is 0 Å². The van der Waals surface area contributed by atoms with Gasteiger partial charge >= 0.3 is 0 Å². The number of hydrogen-bond acceptors (Lipinski definition) is 3. The normalized spacial score (nSPS) is 12.8. The molecule has 0 aromatic heterocycles. The van der Waals surface area contributed by atoms with Crippen LogP contribution in [0, 0.1) is 5.92 Å². The van der Waals surface area contributed by atoms with Crippen molar-refractivity contribution in [3.05, 3.63) is 23.8 Å². The fourth-order valence-electron chi connectivity index (χ4n) is 1.67. The van der Waals surface area contributed by atoms with Gasteiger partial charge in [0, 0.05) is 17.7 Å². The maximum absolute atomic E-state index is 9.35. The van der Waals surface area contributed by atoms with Crippen LogP contribution >= 0.6 is 0 Å². The lowest BCUT2D eigenvalue weighted by atomic mass is 9.97. The number of rotatable bonds is 5. The quantitative estimate of drug-likeness (QED) is 0.807. The zero-order valence-corrected chi connectivity index (χ0v) is 10.2. The van der Waals surface area contributed by atoms with Crippen molar-refractivity contribution in [2.45, 2.75) is 32.7 Å². The largest absolute Gasteiger partial charge is 0.508 e. The third kappa shape index (κ3) is 3.42. The number of hydrogen-bond donors (Lipinski definition) is 2. The number of phenolic OH excluding ortho intramolecular Hbond substituents is 1. The van der Waals surface area contributed by atoms with Crippen molar-refractivity contribution in [1.29, 1.82) is 0 Å². The van der Waals surface area contributed by atoms with Crippen LogP contribution in [0.15, 0.2) is 18.2 Å². The molecule has 1 aromatic rings. The Kier molecular flexibility index (Phi) is 4.62. The van der Waals surface area contributed by atoms with E-state index < -0.39 is 0 Å². The molecule has 1 atom stereocenters. The highest BCUT2D eigenvalue weighted by atomic mass is 16.5. The molecular formula is C13H21NO2. The first-order valence-corrected chi connectivity index (χ1v) is 5.67. The van der Waals surface area contributed by atoms with E-state index in [4.69, 9.17) is 10.5 Å². The van der Waals surface area contributed by atoms with Gasteiger partial charge in [0.15, 0.2) is 0 Å². The van der Waals surface area contributed by atoms with Crippen molar-refractivity contribution in [2.75, 3.05) is 7.11 Å². The molecule has 0 aliphatic heterocycles. The highest BCUT2D eigenvalue weighted by Crippen LogP contribution is 2.30. The Morgan fingerprint density at radius 1 is 1.31 bits per heavy atom. The molecule has 0 heterocycles. The van der Waals surface area contributed by atoms with Crippen molar-refractivity contribution in [3.63, 3.8) is 0 Å². The van der Waals surface area contributed by atoms with Crippen LogP contribution in [-0.4, -0.2) is 12.2 Å². The summed E-state index contributed by atoms with van der Waals surface area (Å²) < 4.78 is 5.21. The van der Waals surface area contributed by atoms with Crippen molar-refractivity contribution in [3.8, 4) is 11.5 Å². The summed E-state index contributed by atoms with van der Waals surface area (Å²) >= 11 is 0. The van der Waals surface area contributed by atoms with E-state index in [1.165, 1.54) is 0 Å². The summed E-state index contributed by atoms with van der Waals surface area (Å²) in [5.74, 6) is 1.52. The number of phenols is 1. The summed E-state index contributed by atoms with van der Waals surface area (Å²) in [6, 6.07) is 5.05. The molecule has 0 saturated carbocycles. The standard InChI is InChI=1S/C13H21NO2/c1-9(2)4-7-12(14)11-6-5-10(15)8-13(11)16-3/h5-6,8-9,12,15H,4,7,14H2,1-3H3/t12-/m1/s1. The maximum atomic E-state index is 9.35. The Bertz CT molecular complexity index is 337. The third-order valence-electron chi connectivity index (χ3n) is 2.67. The summed E-state index contributed by atoms with van der Waals surface area (Å²) in [4.78, 5) is 0. The molecule has 0 bridgehead atoms. The zero-order valence-electron chi connectivity index (χ0n) is 10.2. The predicted octanol–water partition coefficient (Wildman–Crippen LogP) is 2.84. The van der Waals surface area contributed by atoms with E-state index >= 15 is 0 Å². The van der Waals surface area contributed by atoms with Crippen LogP contribution < -0.4 is 10.5 Å². The highest BCUT2D eigenvalue weighted by Gasteiger charge is 2.12. The summed E-state index contributed by atoms with van der Waals surface area (Å²) in [6.45, 7) is 4.36. The van der Waals surface area contributed by atoms with Gasteiger partial charge in [0.05, 0.1) is 7.11 Å². The first kappa shape index (κ1) is 12.8. The molecule has 0 aliphatic rings. The first-order valence-electron chi connectivity index (χ1n) is 5.67. The van der Waals surface area contributed by atoms with E-state index in [-0.39, 0.29) is 11.8 Å². The lowest BCUT2D eigenvalue weighted by molar-refractivity contribution is 0.394. The third-order valence-corrected chi connectivity index (χ3v) is 2.67. The molecule has 0 spiro atoms. The van der Waals surface area contributed by atoms with E-state index in [0.29, 0.717) is 11.7 Å². The smallest absolute Gasteiger partial charge is 0.127 e. The molecule has 3 heteroatoms. The Balaban J connectivity index is 2.77. The second kappa shape index (κ2) is 5.75. The van der Waals surface area contributed by atoms with Gasteiger partial charge < -0.3 is 15.6 Å². The molecular weight excluding hydrogens is 202 g/mol. The van der Waals surface area contributed by atoms with Gasteiger partial charge in [-0.2, -0.15) is 0 Å². The molecule has 1 rings (SSSR count). The second-order valence-electron chi connectivity index (χ2n) is 4.50. The molecule has 90 valence electrons. The molecule has 0 amide bonds. The fraction of sp³-hybridized carbons (Fsp3) is 0.538. The Morgan fingerprint density at radius 3 is 2.56 bits per heavy atom. The van der Waals surface area contributed by atoms with E-state index in [0.717, 1.165) is 18.4 Å². The molecule has 0 aliphatic carbocycles. The molecule has 16 heavy (non-hydrogen) atoms. The molecule has 0 saturated heterocycles. The molecule has 1 aromatic carbocycles. The number of methoxy groups -OCH3 is 1. The molecule has 0 unspecified atom stereocenters. The van der Waals surface area contributed by atoms with Crippen LogP contribution in [0.1, 0.15) is 38.3 Å². The molecule has 3 N–H and O–H groups in total. The SMILES string of the molecule is COc1cc(O)ccc1[C@H](N)CCC(C)C. The van der Waals surface area contributed by atoms with Gasteiger partial charge in [0.25, 0.3) is 0 Å². The van der Waals surface area contributed by atoms with Crippen LogP contribution in [0.25, 0.3) is 0 Å². The van der Waals surface area contributed by atoms with Crippen LogP contribution in [0.4, 0.5) is 0 Å². The second-order valence-corrected chi connectivity index (χ2v) is 4.50. The minimum absolute atomic E-state index is 0.0297. The van der Waals surface area contributed by atoms with Gasteiger partial charge in [-0.25, -0.2) is 0 Å². The van der Waals surface area contributed by atoms with E-state index in [1.807, 2.05) is 6.07 Å². The Labute approximate surface area is 97.2 Å². The molecule has 0 fully saturated rings. The van der Waals surface area contributed by atoms with Gasteiger partial charge in [-0.1, -0.05) is 19.9 Å². The van der Waals surface area contributed by atoms with Gasteiger partial charge in [0.1, 0.15) is 11.5 Å². The number of nitrogens with two attached hydrogens (primary N) is 1. The summed E-state index contributed by atoms with van der Waals surface area (Å²) in [6.07, 6.45) is 2.02. The van der Waals surface area contributed by atoms with E-state index in [9.17, 15) is 5.11 Å². The first-order chi connectivity index (χ1) is 7.54. The number of benzene rings is 1. The summed E-state index contributed by atoms with van der Waals surface area (Å²) in [5, 5.41) is 9.35. The van der Waals surface area contributed by atoms with E-state index in [2.05, 4.69) is 13.8 Å². The van der Waals surface area contributed by atoms with Gasteiger partial charge in [-0.15, -0.1) is 0 Å². The molecule has 0 radical (unpaired) electrons. The summed E-state index contributed by atoms with van der Waals surface area (Å²) in [7, 11) is 1.59. The minimum atomic E-state index is -0.0297. The topological polar surface area (TPSA) is 55.5 Å². The molecule has 3 nitrogen and oxygen atoms in total. The van der Waals surface area contributed by atoms with Crippen molar-refractivity contribution in [2.24, 2.45) is 11.7 Å². The van der Waals surface area contributed by atoms with Gasteiger partial charge in [-0.05, 0) is 24.8 Å². The van der Waals surface area contributed by atoms with Crippen molar-refractivity contribution >= 4 is 0 Å². The monoisotopic (exact) mass is 223 g/mol. The van der Waals surface area contributed by atoms with Crippen molar-refractivity contribution < 1.29 is 9.84 Å². The average molecular weight is 223 g/mol. The maximum Gasteiger partial charge on any atom is 0.127 e. The number of aromatic hydroxyl groups is 1. The van der Waals surface area contributed by atoms with Gasteiger partial charge in [0.2, 0.25) is 0 Å². The fourth-order valence-corrected chi connectivity index (χ4v) is 1.67. The minimum Gasteiger partial charge on any atom is -0.508 e. The lowest BCUT2D eigenvalue weighted by Crippen LogP contribution is -2.12. The summed E-state index contributed by atoms with van der Waals surface area (Å²) in [5.41, 5.74) is 7.07. The lowest BCUT2D eigenvalue weighted by Gasteiger charge is -2.16. The Hall–Kier alpha value is -1.22.